The fraction of sp³-hybridized carbons (Fsp3) is 0.318. The second kappa shape index (κ2) is 7.92. The van der Waals surface area contributed by atoms with Crippen LogP contribution < -0.4 is 20.1 Å². The van der Waals surface area contributed by atoms with E-state index in [2.05, 4.69) is 25.7 Å². The predicted octanol–water partition coefficient (Wildman–Crippen LogP) is 3.34. The molecule has 2 atom stereocenters. The summed E-state index contributed by atoms with van der Waals surface area (Å²) in [6, 6.07) is 12.9. The largest absolute Gasteiger partial charge is 0.454 e. The lowest BCUT2D eigenvalue weighted by Gasteiger charge is -2.14. The van der Waals surface area contributed by atoms with Gasteiger partial charge in [-0.05, 0) is 50.7 Å². The lowest BCUT2D eigenvalue weighted by molar-refractivity contribution is 0.174. The number of ether oxygens (including phenoxy) is 2. The third kappa shape index (κ3) is 4.04. The average Bonchev–Trinajstić information content (AvgIpc) is 3.48. The first-order chi connectivity index (χ1) is 15.0. The minimum atomic E-state index is -0.227. The fourth-order valence-corrected chi connectivity index (χ4v) is 3.91. The zero-order valence-corrected chi connectivity index (χ0v) is 17.3. The molecule has 2 aliphatic rings. The van der Waals surface area contributed by atoms with Crippen molar-refractivity contribution in [2.75, 3.05) is 25.7 Å². The Morgan fingerprint density at radius 1 is 1.13 bits per heavy atom. The van der Waals surface area contributed by atoms with Crippen molar-refractivity contribution in [2.45, 2.75) is 25.4 Å². The number of urea groups is 1. The number of hydrogen-bond donors (Lipinski definition) is 2. The van der Waals surface area contributed by atoms with Crippen LogP contribution in [-0.2, 0) is 0 Å². The maximum absolute atomic E-state index is 12.4. The van der Waals surface area contributed by atoms with Gasteiger partial charge in [0.05, 0.1) is 6.04 Å². The fourth-order valence-electron chi connectivity index (χ4n) is 3.91. The summed E-state index contributed by atoms with van der Waals surface area (Å²) >= 11 is 0. The zero-order valence-electron chi connectivity index (χ0n) is 17.3. The average molecular weight is 421 g/mol. The zero-order chi connectivity index (χ0) is 21.4. The lowest BCUT2D eigenvalue weighted by atomic mass is 10.1. The second-order valence-corrected chi connectivity index (χ2v) is 7.88. The van der Waals surface area contributed by atoms with Gasteiger partial charge in [0.25, 0.3) is 0 Å². The number of likely N-dealkylation sites (N-methyl/N-ethyl adjacent to an activating group) is 1. The Morgan fingerprint density at radius 2 is 1.94 bits per heavy atom. The number of rotatable bonds is 4. The Kier molecular flexibility index (Phi) is 4.95. The number of benzene rings is 2. The van der Waals surface area contributed by atoms with E-state index in [0.717, 1.165) is 16.8 Å². The summed E-state index contributed by atoms with van der Waals surface area (Å²) in [5.74, 6) is 2.40. The molecular formula is C22H23N5O4. The molecule has 0 saturated carbocycles. The molecule has 3 heterocycles. The first-order valence-electron chi connectivity index (χ1n) is 10.1. The highest BCUT2D eigenvalue weighted by molar-refractivity contribution is 5.89. The number of amides is 2. The highest BCUT2D eigenvalue weighted by Gasteiger charge is 2.35. The van der Waals surface area contributed by atoms with E-state index in [9.17, 15) is 4.79 Å². The highest BCUT2D eigenvalue weighted by Crippen LogP contribution is 2.36. The third-order valence-electron chi connectivity index (χ3n) is 5.55. The van der Waals surface area contributed by atoms with Crippen LogP contribution in [0.15, 0.2) is 47.0 Å². The number of fused-ring (bicyclic) bond motifs is 1. The van der Waals surface area contributed by atoms with Crippen LogP contribution in [0, 0.1) is 6.92 Å². The van der Waals surface area contributed by atoms with Gasteiger partial charge in [-0.1, -0.05) is 22.9 Å². The van der Waals surface area contributed by atoms with E-state index in [-0.39, 0.29) is 24.9 Å². The molecule has 3 aromatic rings. The molecule has 2 N–H and O–H groups in total. The molecule has 1 aromatic heterocycles. The molecule has 2 aromatic carbocycles. The van der Waals surface area contributed by atoms with Gasteiger partial charge in [0.1, 0.15) is 0 Å². The SMILES string of the molecule is Cc1ccc(NC(=O)NC2CC(c3nc(-c4ccc5c(c4)OCO5)no3)N(C)C2)cc1. The maximum Gasteiger partial charge on any atom is 0.319 e. The van der Waals surface area contributed by atoms with E-state index in [1.807, 2.05) is 56.4 Å². The molecule has 1 fully saturated rings. The lowest BCUT2D eigenvalue weighted by Crippen LogP contribution is -2.39. The summed E-state index contributed by atoms with van der Waals surface area (Å²) in [7, 11) is 1.98. The summed E-state index contributed by atoms with van der Waals surface area (Å²) in [5.41, 5.74) is 2.70. The number of carbonyl (C=O) groups excluding carboxylic acids is 1. The molecule has 0 radical (unpaired) electrons. The van der Waals surface area contributed by atoms with Gasteiger partial charge in [-0.2, -0.15) is 4.98 Å². The molecule has 160 valence electrons. The smallest absolute Gasteiger partial charge is 0.319 e. The number of aromatic nitrogens is 2. The molecule has 0 bridgehead atoms. The van der Waals surface area contributed by atoms with Crippen LogP contribution in [0.3, 0.4) is 0 Å². The molecule has 2 aliphatic heterocycles. The third-order valence-corrected chi connectivity index (χ3v) is 5.55. The minimum absolute atomic E-state index is 0.0265. The summed E-state index contributed by atoms with van der Waals surface area (Å²) in [6.07, 6.45) is 0.681. The van der Waals surface area contributed by atoms with Gasteiger partial charge in [-0.3, -0.25) is 4.90 Å². The van der Waals surface area contributed by atoms with Crippen molar-refractivity contribution in [1.29, 1.82) is 0 Å². The predicted molar refractivity (Wildman–Crippen MR) is 113 cm³/mol. The van der Waals surface area contributed by atoms with Gasteiger partial charge in [0.2, 0.25) is 18.5 Å². The van der Waals surface area contributed by atoms with E-state index in [1.54, 1.807) is 0 Å². The Labute approximate surface area is 179 Å². The van der Waals surface area contributed by atoms with Crippen LogP contribution in [0.25, 0.3) is 11.4 Å². The van der Waals surface area contributed by atoms with Crippen LogP contribution in [-0.4, -0.2) is 47.5 Å². The van der Waals surface area contributed by atoms with E-state index in [1.165, 1.54) is 0 Å². The molecule has 5 rings (SSSR count). The van der Waals surface area contributed by atoms with Crippen molar-refractivity contribution in [1.82, 2.24) is 20.4 Å². The van der Waals surface area contributed by atoms with Gasteiger partial charge >= 0.3 is 6.03 Å². The normalized spacial score (nSPS) is 20.1. The van der Waals surface area contributed by atoms with Crippen LogP contribution in [0.1, 0.15) is 23.9 Å². The van der Waals surface area contributed by atoms with Crippen molar-refractivity contribution in [3.63, 3.8) is 0 Å². The summed E-state index contributed by atoms with van der Waals surface area (Å²) in [4.78, 5) is 19.1. The molecule has 9 heteroatoms. The second-order valence-electron chi connectivity index (χ2n) is 7.88. The van der Waals surface area contributed by atoms with Gasteiger partial charge in [-0.15, -0.1) is 0 Å². The summed E-state index contributed by atoms with van der Waals surface area (Å²) in [6.45, 7) is 2.91. The summed E-state index contributed by atoms with van der Waals surface area (Å²) < 4.78 is 16.3. The van der Waals surface area contributed by atoms with E-state index >= 15 is 0 Å². The number of hydrogen-bond acceptors (Lipinski definition) is 7. The van der Waals surface area contributed by atoms with Gasteiger partial charge in [-0.25, -0.2) is 4.79 Å². The molecule has 2 amide bonds. The quantitative estimate of drug-likeness (QED) is 0.666. The Morgan fingerprint density at radius 3 is 2.77 bits per heavy atom. The van der Waals surface area contributed by atoms with Crippen molar-refractivity contribution in [3.05, 3.63) is 53.9 Å². The van der Waals surface area contributed by atoms with Crippen molar-refractivity contribution in [2.24, 2.45) is 0 Å². The van der Waals surface area contributed by atoms with E-state index in [0.29, 0.717) is 36.2 Å². The van der Waals surface area contributed by atoms with Crippen molar-refractivity contribution < 1.29 is 18.8 Å². The topological polar surface area (TPSA) is 102 Å². The molecule has 0 aliphatic carbocycles. The molecule has 0 spiro atoms. The number of nitrogens with zero attached hydrogens (tertiary/aromatic N) is 3. The van der Waals surface area contributed by atoms with E-state index < -0.39 is 0 Å². The van der Waals surface area contributed by atoms with Crippen molar-refractivity contribution in [3.8, 4) is 22.9 Å². The first-order valence-corrected chi connectivity index (χ1v) is 10.1. The number of nitrogens with one attached hydrogen (secondary N) is 2. The monoisotopic (exact) mass is 421 g/mol. The minimum Gasteiger partial charge on any atom is -0.454 e. The van der Waals surface area contributed by atoms with Crippen LogP contribution >= 0.6 is 0 Å². The number of anilines is 1. The van der Waals surface area contributed by atoms with Crippen LogP contribution in [0.4, 0.5) is 10.5 Å². The van der Waals surface area contributed by atoms with Gasteiger partial charge in [0, 0.05) is 23.8 Å². The Balaban J connectivity index is 1.23. The van der Waals surface area contributed by atoms with Crippen LogP contribution in [0.5, 0.6) is 11.5 Å². The number of aryl methyl sites for hydroxylation is 1. The Bertz CT molecular complexity index is 1100. The van der Waals surface area contributed by atoms with Crippen LogP contribution in [0.2, 0.25) is 0 Å². The molecule has 31 heavy (non-hydrogen) atoms. The van der Waals surface area contributed by atoms with Gasteiger partial charge < -0.3 is 24.6 Å². The molecule has 9 nitrogen and oxygen atoms in total. The number of likely N-dealkylation sites (tertiary alicyclic amines) is 1. The Hall–Kier alpha value is -3.59. The summed E-state index contributed by atoms with van der Waals surface area (Å²) in [5, 5.41) is 10.0. The van der Waals surface area contributed by atoms with Gasteiger partial charge in [0.15, 0.2) is 11.5 Å². The first kappa shape index (κ1) is 19.4. The van der Waals surface area contributed by atoms with Crippen molar-refractivity contribution >= 4 is 11.7 Å². The standard InChI is InChI=1S/C22H23N5O4/c1-13-3-6-15(7-4-13)23-22(28)24-16-10-17(27(2)11-16)21-25-20(26-31-21)14-5-8-18-19(9-14)30-12-29-18/h3-9,16-17H,10-12H2,1-2H3,(H2,23,24,28). The van der Waals surface area contributed by atoms with E-state index in [4.69, 9.17) is 14.0 Å². The molecule has 1 saturated heterocycles. The molecule has 2 unspecified atom stereocenters. The number of carbonyl (C=O) groups is 1. The highest BCUT2D eigenvalue weighted by atomic mass is 16.7. The molecular weight excluding hydrogens is 398 g/mol. The maximum atomic E-state index is 12.4.